The topological polar surface area (TPSA) is 160 Å². The second kappa shape index (κ2) is 11.5. The first kappa shape index (κ1) is 25.7. The second-order valence-corrected chi connectivity index (χ2v) is 8.68. The van der Waals surface area contributed by atoms with Crippen LogP contribution in [-0.2, 0) is 0 Å². The van der Waals surface area contributed by atoms with Gasteiger partial charge in [0.15, 0.2) is 11.9 Å². The fourth-order valence-corrected chi connectivity index (χ4v) is 3.55. The Hall–Kier alpha value is -2.92. The highest BCUT2D eigenvalue weighted by atomic mass is 35.5. The highest BCUT2D eigenvalue weighted by Gasteiger charge is 2.20. The van der Waals surface area contributed by atoms with Crippen molar-refractivity contribution in [1.29, 1.82) is 0 Å². The number of nitrogens with two attached hydrogens (primary N) is 4. The summed E-state index contributed by atoms with van der Waals surface area (Å²) in [6, 6.07) is 9.75. The maximum absolute atomic E-state index is 6.10. The molecule has 1 aliphatic rings. The first-order valence-electron chi connectivity index (χ1n) is 9.89. The van der Waals surface area contributed by atoms with Gasteiger partial charge in [0, 0.05) is 26.2 Å². The van der Waals surface area contributed by atoms with Crippen molar-refractivity contribution in [2.45, 2.75) is 0 Å². The second-order valence-electron chi connectivity index (χ2n) is 7.05. The molecule has 0 aliphatic carbocycles. The molecule has 8 N–H and O–H groups in total. The van der Waals surface area contributed by atoms with Gasteiger partial charge in [-0.05, 0) is 36.4 Å². The van der Waals surface area contributed by atoms with Gasteiger partial charge in [-0.25, -0.2) is 9.98 Å². The van der Waals surface area contributed by atoms with Crippen LogP contribution in [0.4, 0.5) is 11.4 Å². The molecule has 10 nitrogen and oxygen atoms in total. The van der Waals surface area contributed by atoms with Gasteiger partial charge in [0.2, 0.25) is 11.9 Å². The number of piperazine rings is 1. The number of hydrogen-bond donors (Lipinski definition) is 4. The lowest BCUT2D eigenvalue weighted by Crippen LogP contribution is -2.54. The van der Waals surface area contributed by atoms with E-state index in [1.165, 1.54) is 0 Å². The monoisotopic (exact) mass is 542 g/mol. The minimum absolute atomic E-state index is 0.00863. The molecule has 14 heteroatoms. The van der Waals surface area contributed by atoms with Crippen LogP contribution in [0.2, 0.25) is 20.1 Å². The van der Waals surface area contributed by atoms with Crippen molar-refractivity contribution >= 4 is 81.6 Å². The van der Waals surface area contributed by atoms with Gasteiger partial charge in [0.05, 0.1) is 31.5 Å². The highest BCUT2D eigenvalue weighted by molar-refractivity contribution is 6.42. The Morgan fingerprint density at radius 1 is 0.588 bits per heavy atom. The molecule has 1 saturated heterocycles. The Kier molecular flexibility index (Phi) is 8.67. The summed E-state index contributed by atoms with van der Waals surface area (Å²) in [6.45, 7) is 2.15. The van der Waals surface area contributed by atoms with Gasteiger partial charge in [-0.15, -0.1) is 0 Å². The summed E-state index contributed by atoms with van der Waals surface area (Å²) in [4.78, 5) is 20.4. The minimum atomic E-state index is -0.00863. The predicted octanol–water partition coefficient (Wildman–Crippen LogP) is 3.14. The number of rotatable bonds is 2. The van der Waals surface area contributed by atoms with Crippen LogP contribution in [0.3, 0.4) is 0 Å². The smallest absolute Gasteiger partial charge is 0.223 e. The fourth-order valence-electron chi connectivity index (χ4n) is 2.96. The molecule has 1 heterocycles. The zero-order chi connectivity index (χ0) is 24.8. The first-order chi connectivity index (χ1) is 16.1. The van der Waals surface area contributed by atoms with Gasteiger partial charge >= 0.3 is 0 Å². The van der Waals surface area contributed by atoms with E-state index in [9.17, 15) is 0 Å². The van der Waals surface area contributed by atoms with E-state index in [2.05, 4.69) is 20.0 Å². The Bertz CT molecular complexity index is 1080. The molecule has 0 saturated carbocycles. The van der Waals surface area contributed by atoms with E-state index in [1.807, 2.05) is 9.80 Å². The summed E-state index contributed by atoms with van der Waals surface area (Å²) in [5, 5.41) is 1.58. The van der Waals surface area contributed by atoms with Crippen LogP contribution in [0.5, 0.6) is 0 Å². The summed E-state index contributed by atoms with van der Waals surface area (Å²) in [6.07, 6.45) is 0. The van der Waals surface area contributed by atoms with E-state index in [-0.39, 0.29) is 23.8 Å². The molecular formula is C20H22Cl4N10. The number of halogens is 4. The molecule has 0 unspecified atom stereocenters. The lowest BCUT2D eigenvalue weighted by molar-refractivity contribution is 0.255. The molecule has 3 rings (SSSR count). The Labute approximate surface area is 216 Å². The van der Waals surface area contributed by atoms with Crippen LogP contribution >= 0.6 is 46.4 Å². The minimum Gasteiger partial charge on any atom is -0.369 e. The molecule has 0 radical (unpaired) electrons. The van der Waals surface area contributed by atoms with Crippen LogP contribution in [0.15, 0.2) is 56.4 Å². The van der Waals surface area contributed by atoms with E-state index in [1.54, 1.807) is 36.4 Å². The van der Waals surface area contributed by atoms with Crippen molar-refractivity contribution in [3.63, 3.8) is 0 Å². The third-order valence-corrected chi connectivity index (χ3v) is 6.16. The van der Waals surface area contributed by atoms with Crippen molar-refractivity contribution in [2.24, 2.45) is 42.9 Å². The maximum atomic E-state index is 6.10. The van der Waals surface area contributed by atoms with Gasteiger partial charge in [0.1, 0.15) is 0 Å². The normalized spacial score (nSPS) is 16.2. The number of aliphatic imine (C=N–C) groups is 4. The zero-order valence-corrected chi connectivity index (χ0v) is 20.8. The van der Waals surface area contributed by atoms with Crippen molar-refractivity contribution in [3.8, 4) is 0 Å². The van der Waals surface area contributed by atoms with Crippen LogP contribution in [-0.4, -0.2) is 59.8 Å². The molecule has 2 aromatic rings. The van der Waals surface area contributed by atoms with Gasteiger partial charge in [0.25, 0.3) is 0 Å². The SMILES string of the molecule is NC(=Nc1ccc(Cl)c(Cl)c1)/N=C(\N)N1CCN(/C(N)=N/C(N)=Nc2ccc(Cl)c(Cl)c2)CC1. The quantitative estimate of drug-likeness (QED) is 0.336. The van der Waals surface area contributed by atoms with Gasteiger partial charge < -0.3 is 32.7 Å². The van der Waals surface area contributed by atoms with Crippen LogP contribution < -0.4 is 22.9 Å². The van der Waals surface area contributed by atoms with Crippen molar-refractivity contribution in [1.82, 2.24) is 9.80 Å². The third-order valence-electron chi connectivity index (χ3n) is 4.68. The third kappa shape index (κ3) is 7.04. The molecule has 180 valence electrons. The lowest BCUT2D eigenvalue weighted by atomic mass is 10.3. The highest BCUT2D eigenvalue weighted by Crippen LogP contribution is 2.27. The fraction of sp³-hybridized carbons (Fsp3) is 0.200. The average Bonchev–Trinajstić information content (AvgIpc) is 2.78. The number of guanidine groups is 4. The number of benzene rings is 2. The summed E-state index contributed by atoms with van der Waals surface area (Å²) in [5.74, 6) is 0.450. The van der Waals surface area contributed by atoms with E-state index in [0.717, 1.165) is 0 Å². The molecule has 1 aliphatic heterocycles. The maximum Gasteiger partial charge on any atom is 0.223 e. The summed E-state index contributed by atoms with van der Waals surface area (Å²) >= 11 is 23.8. The Morgan fingerprint density at radius 2 is 0.941 bits per heavy atom. The largest absolute Gasteiger partial charge is 0.369 e. The van der Waals surface area contributed by atoms with E-state index in [0.29, 0.717) is 57.6 Å². The van der Waals surface area contributed by atoms with Crippen molar-refractivity contribution in [2.75, 3.05) is 26.2 Å². The summed E-state index contributed by atoms with van der Waals surface area (Å²) in [5.41, 5.74) is 25.0. The van der Waals surface area contributed by atoms with Gasteiger partial charge in [-0.3, -0.25) is 0 Å². The van der Waals surface area contributed by atoms with Crippen LogP contribution in [0, 0.1) is 0 Å². The number of hydrogen-bond acceptors (Lipinski definition) is 2. The average molecular weight is 544 g/mol. The predicted molar refractivity (Wildman–Crippen MR) is 142 cm³/mol. The molecule has 34 heavy (non-hydrogen) atoms. The van der Waals surface area contributed by atoms with E-state index in [4.69, 9.17) is 69.3 Å². The molecule has 0 bridgehead atoms. The van der Waals surface area contributed by atoms with Gasteiger partial charge in [-0.1, -0.05) is 46.4 Å². The lowest BCUT2D eigenvalue weighted by Gasteiger charge is -2.35. The molecule has 1 fully saturated rings. The molecule has 0 spiro atoms. The summed E-state index contributed by atoms with van der Waals surface area (Å²) in [7, 11) is 0. The van der Waals surface area contributed by atoms with Gasteiger partial charge in [-0.2, -0.15) is 9.98 Å². The van der Waals surface area contributed by atoms with Crippen molar-refractivity contribution in [3.05, 3.63) is 56.5 Å². The van der Waals surface area contributed by atoms with E-state index >= 15 is 0 Å². The molecule has 0 atom stereocenters. The van der Waals surface area contributed by atoms with Crippen LogP contribution in [0.1, 0.15) is 0 Å². The molecule has 0 amide bonds. The standard InChI is InChI=1S/C20H22Cl4N10/c21-13-3-1-11(9-15(13)23)29-17(25)31-19(27)33-5-7-34(8-6-33)20(28)32-18(26)30-12-2-4-14(22)16(24)10-12/h1-4,9-10H,5-8H2,(H4,25,27,29,31)(H4,26,28,30,32). The Morgan fingerprint density at radius 3 is 1.26 bits per heavy atom. The zero-order valence-electron chi connectivity index (χ0n) is 17.8. The summed E-state index contributed by atoms with van der Waals surface area (Å²) < 4.78 is 0. The Balaban J connectivity index is 1.59. The number of nitrogens with zero attached hydrogens (tertiary/aromatic N) is 6. The van der Waals surface area contributed by atoms with Crippen LogP contribution in [0.25, 0.3) is 0 Å². The molecule has 2 aromatic carbocycles. The molecular weight excluding hydrogens is 522 g/mol. The first-order valence-corrected chi connectivity index (χ1v) is 11.4. The van der Waals surface area contributed by atoms with Crippen molar-refractivity contribution < 1.29 is 0 Å². The molecule has 0 aromatic heterocycles. The van der Waals surface area contributed by atoms with E-state index < -0.39 is 0 Å².